The summed E-state index contributed by atoms with van der Waals surface area (Å²) in [7, 11) is 0. The third-order valence-electron chi connectivity index (χ3n) is 5.73. The number of hydrogen-bond donors (Lipinski definition) is 4. The largest absolute Gasteiger partial charge is 0.393 e. The summed E-state index contributed by atoms with van der Waals surface area (Å²) in [4.78, 5) is 0. The molecule has 168 valence electrons. The van der Waals surface area contributed by atoms with E-state index in [0.29, 0.717) is 19.6 Å². The van der Waals surface area contributed by atoms with Crippen LogP contribution in [0, 0.1) is 11.8 Å². The number of nitrogens with one attached hydrogen (secondary N) is 1. The van der Waals surface area contributed by atoms with Crippen LogP contribution < -0.4 is 5.32 Å². The van der Waals surface area contributed by atoms with Gasteiger partial charge < -0.3 is 20.1 Å². The number of ether oxygens (including phenoxy) is 1. The fourth-order valence-corrected chi connectivity index (χ4v) is 3.94. The van der Waals surface area contributed by atoms with Crippen molar-refractivity contribution in [3.63, 3.8) is 0 Å². The van der Waals surface area contributed by atoms with Crippen LogP contribution >= 0.6 is 0 Å². The minimum Gasteiger partial charge on any atom is -0.393 e. The third kappa shape index (κ3) is 9.11. The average Bonchev–Trinajstić information content (AvgIpc) is 3.02. The molecule has 1 aliphatic rings. The lowest BCUT2D eigenvalue weighted by Gasteiger charge is -2.19. The molecule has 0 spiro atoms. The summed E-state index contributed by atoms with van der Waals surface area (Å²) in [5, 5.41) is 34.1. The van der Waals surface area contributed by atoms with Gasteiger partial charge in [0.2, 0.25) is 0 Å². The first-order chi connectivity index (χ1) is 14.6. The van der Waals surface area contributed by atoms with Gasteiger partial charge in [-0.25, -0.2) is 0 Å². The van der Waals surface area contributed by atoms with E-state index in [9.17, 15) is 15.3 Å². The molecule has 0 amide bonds. The van der Waals surface area contributed by atoms with Crippen molar-refractivity contribution in [1.29, 1.82) is 0 Å². The first-order valence-electron chi connectivity index (χ1n) is 11.3. The maximum atomic E-state index is 10.4. The highest BCUT2D eigenvalue weighted by molar-refractivity contribution is 5.15. The van der Waals surface area contributed by atoms with E-state index in [1.54, 1.807) is 6.08 Å². The van der Waals surface area contributed by atoms with Crippen molar-refractivity contribution in [2.75, 3.05) is 19.9 Å². The molecule has 0 aromatic heterocycles. The highest BCUT2D eigenvalue weighted by Gasteiger charge is 2.39. The Morgan fingerprint density at radius 2 is 1.97 bits per heavy atom. The Balaban J connectivity index is 1.73. The van der Waals surface area contributed by atoms with Gasteiger partial charge in [0.15, 0.2) is 0 Å². The molecule has 2 rings (SSSR count). The fourth-order valence-electron chi connectivity index (χ4n) is 3.94. The van der Waals surface area contributed by atoms with Crippen molar-refractivity contribution in [2.24, 2.45) is 11.8 Å². The summed E-state index contributed by atoms with van der Waals surface area (Å²) in [5.74, 6) is -0.140. The number of allylic oxidation sites excluding steroid dienone is 2. The summed E-state index contributed by atoms with van der Waals surface area (Å²) >= 11 is 0. The zero-order valence-corrected chi connectivity index (χ0v) is 18.2. The normalized spacial score (nSPS) is 25.5. The quantitative estimate of drug-likeness (QED) is 0.212. The number of aryl methyl sites for hydroxylation is 1. The Hall–Kier alpha value is -1.50. The van der Waals surface area contributed by atoms with E-state index < -0.39 is 18.3 Å². The predicted molar refractivity (Wildman–Crippen MR) is 121 cm³/mol. The molecule has 0 aliphatic heterocycles. The summed E-state index contributed by atoms with van der Waals surface area (Å²) in [6.07, 6.45) is 10.8. The first-order valence-corrected chi connectivity index (χ1v) is 11.3. The summed E-state index contributed by atoms with van der Waals surface area (Å²) in [6.45, 7) is 4.29. The second-order valence-corrected chi connectivity index (χ2v) is 8.09. The molecule has 1 aromatic carbocycles. The van der Waals surface area contributed by atoms with Gasteiger partial charge in [-0.05, 0) is 50.1 Å². The van der Waals surface area contributed by atoms with Gasteiger partial charge in [-0.15, -0.1) is 0 Å². The van der Waals surface area contributed by atoms with Crippen LogP contribution in [0.5, 0.6) is 0 Å². The summed E-state index contributed by atoms with van der Waals surface area (Å²) < 4.78 is 5.45. The molecular weight excluding hydrogens is 378 g/mol. The smallest absolute Gasteiger partial charge is 0.0965 e. The van der Waals surface area contributed by atoms with Gasteiger partial charge in [0.25, 0.3) is 0 Å². The standard InChI is InChI=1S/C25H39NO4/c1-2-26-19-30-17-9-4-3-8-12-22-23(25(29)18-24(22)28)16-15-21(27)14-13-20-10-6-5-7-11-20/h3,5-8,10-11,15-16,21-29H,2,4,9,12-14,17-19H2,1H3/t21-,22+,23+,24-,25+/m0/s1. The SMILES string of the molecule is CCNCOCCCC=CC[C@@H]1[C@@H](C=C[C@@H](O)CCc2ccccc2)[C@H](O)C[C@@H]1O. The van der Waals surface area contributed by atoms with Crippen LogP contribution in [0.3, 0.4) is 0 Å². The highest BCUT2D eigenvalue weighted by atomic mass is 16.5. The van der Waals surface area contributed by atoms with Crippen molar-refractivity contribution in [2.45, 2.75) is 63.8 Å². The lowest BCUT2D eigenvalue weighted by atomic mass is 9.89. The number of benzene rings is 1. The molecule has 5 nitrogen and oxygen atoms in total. The van der Waals surface area contributed by atoms with Crippen LogP contribution in [-0.2, 0) is 11.2 Å². The molecule has 0 saturated heterocycles. The molecule has 0 heterocycles. The van der Waals surface area contributed by atoms with E-state index in [1.165, 1.54) is 5.56 Å². The Labute approximate surface area is 181 Å². The molecule has 0 bridgehead atoms. The topological polar surface area (TPSA) is 82.0 Å². The average molecular weight is 418 g/mol. The second-order valence-electron chi connectivity index (χ2n) is 8.09. The van der Waals surface area contributed by atoms with E-state index in [2.05, 4.69) is 29.6 Å². The number of aliphatic hydroxyl groups is 3. The van der Waals surface area contributed by atoms with E-state index in [0.717, 1.165) is 38.8 Å². The Morgan fingerprint density at radius 3 is 2.73 bits per heavy atom. The maximum absolute atomic E-state index is 10.4. The van der Waals surface area contributed by atoms with Gasteiger partial charge in [0, 0.05) is 18.9 Å². The Kier molecular flexibility index (Phi) is 12.0. The minimum atomic E-state index is -0.560. The van der Waals surface area contributed by atoms with Crippen LogP contribution in [0.4, 0.5) is 0 Å². The van der Waals surface area contributed by atoms with Crippen LogP contribution in [0.25, 0.3) is 0 Å². The van der Waals surface area contributed by atoms with Crippen molar-refractivity contribution in [1.82, 2.24) is 5.32 Å². The first kappa shape index (κ1) is 24.8. The lowest BCUT2D eigenvalue weighted by Crippen LogP contribution is -2.20. The molecule has 1 aliphatic carbocycles. The monoisotopic (exact) mass is 417 g/mol. The number of unbranched alkanes of at least 4 members (excludes halogenated alkanes) is 1. The van der Waals surface area contributed by atoms with Crippen molar-refractivity contribution < 1.29 is 20.1 Å². The molecule has 1 aromatic rings. The van der Waals surface area contributed by atoms with Gasteiger partial charge >= 0.3 is 0 Å². The molecule has 5 heteroatoms. The number of hydrogen-bond acceptors (Lipinski definition) is 5. The van der Waals surface area contributed by atoms with Gasteiger partial charge in [0.05, 0.1) is 25.0 Å². The zero-order valence-electron chi connectivity index (χ0n) is 18.2. The van der Waals surface area contributed by atoms with Crippen molar-refractivity contribution >= 4 is 0 Å². The molecule has 5 atom stereocenters. The number of rotatable bonds is 14. The van der Waals surface area contributed by atoms with E-state index in [4.69, 9.17) is 4.74 Å². The fraction of sp³-hybridized carbons (Fsp3) is 0.600. The molecule has 0 radical (unpaired) electrons. The maximum Gasteiger partial charge on any atom is 0.0965 e. The van der Waals surface area contributed by atoms with Gasteiger partial charge in [0.1, 0.15) is 0 Å². The Morgan fingerprint density at radius 1 is 1.17 bits per heavy atom. The molecular formula is C25H39NO4. The second kappa shape index (κ2) is 14.5. The van der Waals surface area contributed by atoms with Gasteiger partial charge in [-0.2, -0.15) is 0 Å². The van der Waals surface area contributed by atoms with E-state index in [-0.39, 0.29) is 11.8 Å². The number of aliphatic hydroxyl groups excluding tert-OH is 3. The highest BCUT2D eigenvalue weighted by Crippen LogP contribution is 2.36. The third-order valence-corrected chi connectivity index (χ3v) is 5.73. The molecule has 30 heavy (non-hydrogen) atoms. The van der Waals surface area contributed by atoms with Gasteiger partial charge in [-0.1, -0.05) is 61.6 Å². The van der Waals surface area contributed by atoms with E-state index in [1.807, 2.05) is 31.2 Å². The molecule has 4 N–H and O–H groups in total. The van der Waals surface area contributed by atoms with Crippen LogP contribution in [0.1, 0.15) is 44.6 Å². The van der Waals surface area contributed by atoms with Crippen molar-refractivity contribution in [3.8, 4) is 0 Å². The van der Waals surface area contributed by atoms with Crippen LogP contribution in [0.15, 0.2) is 54.6 Å². The minimum absolute atomic E-state index is 0.0150. The van der Waals surface area contributed by atoms with Crippen LogP contribution in [-0.4, -0.2) is 53.5 Å². The summed E-state index contributed by atoms with van der Waals surface area (Å²) in [6, 6.07) is 10.1. The zero-order chi connectivity index (χ0) is 21.6. The summed E-state index contributed by atoms with van der Waals surface area (Å²) in [5.41, 5.74) is 1.20. The predicted octanol–water partition coefficient (Wildman–Crippen LogP) is 3.20. The molecule has 0 unspecified atom stereocenters. The van der Waals surface area contributed by atoms with Crippen molar-refractivity contribution in [3.05, 3.63) is 60.2 Å². The van der Waals surface area contributed by atoms with Crippen LogP contribution in [0.2, 0.25) is 0 Å². The Bertz CT molecular complexity index is 619. The van der Waals surface area contributed by atoms with E-state index >= 15 is 0 Å². The van der Waals surface area contributed by atoms with Gasteiger partial charge in [-0.3, -0.25) is 5.32 Å². The molecule has 1 saturated carbocycles. The lowest BCUT2D eigenvalue weighted by molar-refractivity contribution is 0.116. The molecule has 1 fully saturated rings.